The van der Waals surface area contributed by atoms with Crippen molar-refractivity contribution in [2.24, 2.45) is 0 Å². The summed E-state index contributed by atoms with van der Waals surface area (Å²) >= 11 is 0. The molecule has 1 aliphatic heterocycles. The number of allylic oxidation sites excluding steroid dienone is 1. The smallest absolute Gasteiger partial charge is 0.341 e. The van der Waals surface area contributed by atoms with E-state index in [4.69, 9.17) is 10.1 Å². The number of esters is 1. The Hall–Kier alpha value is -1.88. The van der Waals surface area contributed by atoms with Crippen molar-refractivity contribution < 1.29 is 14.3 Å². The van der Waals surface area contributed by atoms with Crippen molar-refractivity contribution in [1.82, 2.24) is 5.32 Å². The highest BCUT2D eigenvalue weighted by atomic mass is 16.5. The van der Waals surface area contributed by atoms with Crippen LogP contribution in [0.5, 0.6) is 0 Å². The zero-order valence-electron chi connectivity index (χ0n) is 9.24. The zero-order valence-corrected chi connectivity index (χ0v) is 9.24. The van der Waals surface area contributed by atoms with Crippen LogP contribution in [0.25, 0.3) is 0 Å². The van der Waals surface area contributed by atoms with Gasteiger partial charge < -0.3 is 20.2 Å². The molecule has 0 spiro atoms. The Kier molecular flexibility index (Phi) is 4.47. The summed E-state index contributed by atoms with van der Waals surface area (Å²) in [6.07, 6.45) is 6.23. The monoisotopic (exact) mass is 222 g/mol. The molecule has 0 aromatic carbocycles. The number of carbonyl (C=O) groups is 1. The number of carbonyl (C=O) groups excluding carboxylic acids is 1. The molecule has 16 heavy (non-hydrogen) atoms. The van der Waals surface area contributed by atoms with Gasteiger partial charge in [0.05, 0.1) is 19.4 Å². The molecule has 0 aromatic heterocycles. The molecule has 5 nitrogen and oxygen atoms in total. The zero-order chi connectivity index (χ0) is 12.0. The first kappa shape index (κ1) is 12.2. The highest BCUT2D eigenvalue weighted by Crippen LogP contribution is 2.11. The number of methoxy groups -OCH3 is 2. The van der Waals surface area contributed by atoms with Crippen LogP contribution in [-0.4, -0.2) is 33.0 Å². The molecular weight excluding hydrogens is 208 g/mol. The van der Waals surface area contributed by atoms with Gasteiger partial charge in [-0.3, -0.25) is 0 Å². The third-order valence-corrected chi connectivity index (χ3v) is 2.03. The Bertz CT molecular complexity index is 381. The van der Waals surface area contributed by atoms with E-state index in [1.165, 1.54) is 7.11 Å². The predicted molar refractivity (Wildman–Crippen MR) is 60.1 cm³/mol. The van der Waals surface area contributed by atoms with Crippen LogP contribution in [0.4, 0.5) is 0 Å². The van der Waals surface area contributed by atoms with E-state index in [2.05, 4.69) is 10.1 Å². The van der Waals surface area contributed by atoms with Crippen LogP contribution in [0.1, 0.15) is 0 Å². The first-order valence-electron chi connectivity index (χ1n) is 4.68. The van der Waals surface area contributed by atoms with Crippen molar-refractivity contribution in [3.8, 4) is 0 Å². The minimum atomic E-state index is -0.536. The molecule has 1 rings (SSSR count). The third kappa shape index (κ3) is 2.80. The predicted octanol–water partition coefficient (Wildman–Crippen LogP) is 0.753. The second kappa shape index (κ2) is 5.87. The molecule has 5 heteroatoms. The van der Waals surface area contributed by atoms with Gasteiger partial charge >= 0.3 is 5.97 Å². The maximum Gasteiger partial charge on any atom is 0.341 e. The second-order valence-electron chi connectivity index (χ2n) is 3.09. The van der Waals surface area contributed by atoms with E-state index >= 15 is 0 Å². The van der Waals surface area contributed by atoms with Gasteiger partial charge in [0.25, 0.3) is 0 Å². The van der Waals surface area contributed by atoms with Crippen molar-refractivity contribution in [3.63, 3.8) is 0 Å². The van der Waals surface area contributed by atoms with Gasteiger partial charge in [0.2, 0.25) is 0 Å². The molecule has 0 fully saturated rings. The summed E-state index contributed by atoms with van der Waals surface area (Å²) in [5.74, 6) is -0.536. The van der Waals surface area contributed by atoms with E-state index in [0.717, 1.165) is 11.8 Å². The highest BCUT2D eigenvalue weighted by molar-refractivity contribution is 6.09. The van der Waals surface area contributed by atoms with Gasteiger partial charge in [-0.2, -0.15) is 0 Å². The van der Waals surface area contributed by atoms with E-state index in [0.29, 0.717) is 12.3 Å². The van der Waals surface area contributed by atoms with Gasteiger partial charge in [-0.05, 0) is 11.6 Å². The van der Waals surface area contributed by atoms with Crippen LogP contribution in [0.3, 0.4) is 0 Å². The summed E-state index contributed by atoms with van der Waals surface area (Å²) < 4.78 is 9.52. The molecule has 2 N–H and O–H groups in total. The lowest BCUT2D eigenvalue weighted by molar-refractivity contribution is -0.135. The van der Waals surface area contributed by atoms with Gasteiger partial charge in [0, 0.05) is 19.5 Å². The van der Waals surface area contributed by atoms with E-state index in [1.54, 1.807) is 19.4 Å². The number of hydrogen-bond donors (Lipinski definition) is 2. The van der Waals surface area contributed by atoms with E-state index in [9.17, 15) is 4.79 Å². The largest absolute Gasteiger partial charge is 0.465 e. The van der Waals surface area contributed by atoms with Gasteiger partial charge in [-0.1, -0.05) is 6.08 Å². The third-order valence-electron chi connectivity index (χ3n) is 2.03. The topological polar surface area (TPSA) is 71.4 Å². The number of ether oxygens (including phenoxy) is 2. The molecule has 0 bridgehead atoms. The van der Waals surface area contributed by atoms with E-state index in [1.807, 2.05) is 6.08 Å². The summed E-state index contributed by atoms with van der Waals surface area (Å²) in [4.78, 5) is 11.3. The Balaban J connectivity index is 2.86. The molecule has 1 heterocycles. The number of rotatable bonds is 4. The Morgan fingerprint density at radius 1 is 1.50 bits per heavy atom. The Labute approximate surface area is 93.9 Å². The van der Waals surface area contributed by atoms with Crippen molar-refractivity contribution in [3.05, 3.63) is 35.2 Å². The van der Waals surface area contributed by atoms with Crippen molar-refractivity contribution in [1.29, 1.82) is 5.41 Å². The molecule has 0 aliphatic carbocycles. The van der Waals surface area contributed by atoms with Crippen LogP contribution < -0.4 is 5.32 Å². The van der Waals surface area contributed by atoms with Crippen LogP contribution in [0.2, 0.25) is 0 Å². The molecule has 0 amide bonds. The number of dihydropyridines is 1. The van der Waals surface area contributed by atoms with Gasteiger partial charge in [-0.25, -0.2) is 4.79 Å². The summed E-state index contributed by atoms with van der Waals surface area (Å²) in [5.41, 5.74) is 1.69. The molecule has 0 aromatic rings. The van der Waals surface area contributed by atoms with Crippen molar-refractivity contribution >= 4 is 12.2 Å². The minimum Gasteiger partial charge on any atom is -0.465 e. The average Bonchev–Trinajstić information content (AvgIpc) is 2.32. The van der Waals surface area contributed by atoms with Crippen LogP contribution in [-0.2, 0) is 14.3 Å². The maximum absolute atomic E-state index is 11.3. The lowest BCUT2D eigenvalue weighted by Crippen LogP contribution is -2.17. The van der Waals surface area contributed by atoms with Crippen molar-refractivity contribution in [2.45, 2.75) is 0 Å². The molecule has 0 atom stereocenters. The van der Waals surface area contributed by atoms with Gasteiger partial charge in [0.1, 0.15) is 5.57 Å². The molecule has 0 saturated carbocycles. The quantitative estimate of drug-likeness (QED) is 0.418. The number of nitrogens with one attached hydrogen (secondary N) is 2. The SMILES string of the molecule is COCC1=CN/C(=C(\C=N)C(=O)OC)C=C1. The normalized spacial score (nSPS) is 17.2. The average molecular weight is 222 g/mol. The fraction of sp³-hybridized carbons (Fsp3) is 0.273. The highest BCUT2D eigenvalue weighted by Gasteiger charge is 2.13. The van der Waals surface area contributed by atoms with Crippen molar-refractivity contribution in [2.75, 3.05) is 20.8 Å². The summed E-state index contributed by atoms with van der Waals surface area (Å²) in [7, 11) is 2.89. The molecule has 0 saturated heterocycles. The summed E-state index contributed by atoms with van der Waals surface area (Å²) in [6.45, 7) is 0.495. The Morgan fingerprint density at radius 2 is 2.25 bits per heavy atom. The lowest BCUT2D eigenvalue weighted by Gasteiger charge is -2.12. The first-order valence-corrected chi connectivity index (χ1v) is 4.68. The second-order valence-corrected chi connectivity index (χ2v) is 3.09. The summed E-state index contributed by atoms with van der Waals surface area (Å²) in [6, 6.07) is 0. The molecule has 1 aliphatic rings. The summed E-state index contributed by atoms with van der Waals surface area (Å²) in [5, 5.41) is 10.1. The molecule has 86 valence electrons. The molecular formula is C11H14N2O3. The van der Waals surface area contributed by atoms with Gasteiger partial charge in [0.15, 0.2) is 0 Å². The number of hydrogen-bond acceptors (Lipinski definition) is 5. The van der Waals surface area contributed by atoms with Gasteiger partial charge in [-0.15, -0.1) is 0 Å². The van der Waals surface area contributed by atoms with Crippen LogP contribution in [0.15, 0.2) is 35.2 Å². The first-order chi connectivity index (χ1) is 7.72. The minimum absolute atomic E-state index is 0.187. The molecule has 0 radical (unpaired) electrons. The maximum atomic E-state index is 11.3. The van der Waals surface area contributed by atoms with E-state index in [-0.39, 0.29) is 5.57 Å². The van der Waals surface area contributed by atoms with E-state index < -0.39 is 5.97 Å². The van der Waals surface area contributed by atoms with Crippen LogP contribution >= 0.6 is 0 Å². The Morgan fingerprint density at radius 3 is 2.69 bits per heavy atom. The lowest BCUT2D eigenvalue weighted by atomic mass is 10.1. The fourth-order valence-corrected chi connectivity index (χ4v) is 1.24. The molecule has 0 unspecified atom stereocenters. The van der Waals surface area contributed by atoms with Crippen LogP contribution in [0, 0.1) is 5.41 Å². The fourth-order valence-electron chi connectivity index (χ4n) is 1.24. The standard InChI is InChI=1S/C11H14N2O3/c1-15-7-8-3-4-10(13-6-8)9(5-12)11(14)16-2/h3-6,12-13H,7H2,1-2H3/b10-9+,12-5?.